The van der Waals surface area contributed by atoms with Crippen LogP contribution in [-0.2, 0) is 10.1 Å². The summed E-state index contributed by atoms with van der Waals surface area (Å²) in [6, 6.07) is 12.6. The van der Waals surface area contributed by atoms with Crippen molar-refractivity contribution < 1.29 is 27.6 Å². The van der Waals surface area contributed by atoms with Crippen molar-refractivity contribution in [2.45, 2.75) is 32.2 Å². The average Bonchev–Trinajstić information content (AvgIpc) is 2.59. The first-order valence-electron chi connectivity index (χ1n) is 8.75. The molecular formula is C20H25NO6S. The highest BCUT2D eigenvalue weighted by atomic mass is 32.2. The molecule has 0 amide bonds. The second-order valence-electron chi connectivity index (χ2n) is 7.56. The lowest BCUT2D eigenvalue weighted by Gasteiger charge is -2.25. The summed E-state index contributed by atoms with van der Waals surface area (Å²) in [6.45, 7) is 6.06. The lowest BCUT2D eigenvalue weighted by atomic mass is 9.98. The molecule has 28 heavy (non-hydrogen) atoms. The number of carbonyl (C=O) groups excluding carboxylic acids is 1. The topological polar surface area (TPSA) is 113 Å². The van der Waals surface area contributed by atoms with E-state index < -0.39 is 27.8 Å². The van der Waals surface area contributed by atoms with Gasteiger partial charge >= 0.3 is 5.97 Å². The third kappa shape index (κ3) is 6.95. The van der Waals surface area contributed by atoms with Crippen LogP contribution in [0.25, 0.3) is 0 Å². The molecule has 8 heteroatoms. The molecule has 152 valence electrons. The van der Waals surface area contributed by atoms with Crippen molar-refractivity contribution in [1.82, 2.24) is 5.32 Å². The number of carbonyl (C=O) groups is 1. The molecule has 0 bridgehead atoms. The van der Waals surface area contributed by atoms with Crippen LogP contribution < -0.4 is 10.1 Å². The van der Waals surface area contributed by atoms with Gasteiger partial charge in [0.1, 0.15) is 0 Å². The molecule has 0 saturated heterocycles. The van der Waals surface area contributed by atoms with Crippen molar-refractivity contribution in [1.29, 1.82) is 0 Å². The zero-order valence-electron chi connectivity index (χ0n) is 16.0. The van der Waals surface area contributed by atoms with Crippen molar-refractivity contribution in [3.63, 3.8) is 0 Å². The first-order valence-corrected chi connectivity index (χ1v) is 10.4. The highest BCUT2D eigenvalue weighted by Gasteiger charge is 2.23. The molecule has 0 aliphatic rings. The summed E-state index contributed by atoms with van der Waals surface area (Å²) >= 11 is 0. The maximum absolute atomic E-state index is 12.1. The number of phenolic OH excluding ortho intramolecular Hbond substituents is 1. The minimum absolute atomic E-state index is 0.0352. The van der Waals surface area contributed by atoms with E-state index >= 15 is 0 Å². The number of nitrogens with one attached hydrogen (secondary N) is 1. The van der Waals surface area contributed by atoms with Crippen LogP contribution >= 0.6 is 0 Å². The highest BCUT2D eigenvalue weighted by molar-refractivity contribution is 7.85. The Morgan fingerprint density at radius 3 is 2.32 bits per heavy atom. The van der Waals surface area contributed by atoms with Gasteiger partial charge in [0.05, 0.1) is 11.3 Å². The Hall–Kier alpha value is -2.42. The molecule has 2 aromatic rings. The Morgan fingerprint density at radius 1 is 1.14 bits per heavy atom. The summed E-state index contributed by atoms with van der Waals surface area (Å²) in [5.41, 5.74) is 0.570. The number of phenols is 1. The largest absolute Gasteiger partial charge is 0.504 e. The fraction of sp³-hybridized carbons (Fsp3) is 0.350. The van der Waals surface area contributed by atoms with Crippen LogP contribution in [0, 0.1) is 0 Å². The Kier molecular flexibility index (Phi) is 6.82. The molecule has 3 N–H and O–H groups in total. The molecule has 0 radical (unpaired) electrons. The zero-order valence-corrected chi connectivity index (χ0v) is 16.9. The highest BCUT2D eigenvalue weighted by Crippen LogP contribution is 2.31. The monoisotopic (exact) mass is 407 g/mol. The van der Waals surface area contributed by atoms with Gasteiger partial charge in [0, 0.05) is 18.0 Å². The van der Waals surface area contributed by atoms with Crippen molar-refractivity contribution in [2.24, 2.45) is 0 Å². The number of ether oxygens (including phenoxy) is 1. The minimum atomic E-state index is -4.22. The van der Waals surface area contributed by atoms with Crippen LogP contribution in [0.1, 0.15) is 42.6 Å². The summed E-state index contributed by atoms with van der Waals surface area (Å²) < 4.78 is 37.2. The Morgan fingerprint density at radius 2 is 1.79 bits per heavy atom. The van der Waals surface area contributed by atoms with E-state index in [2.05, 4.69) is 5.32 Å². The number of rotatable bonds is 7. The lowest BCUT2D eigenvalue weighted by molar-refractivity contribution is 0.0729. The normalized spacial score (nSPS) is 13.1. The molecule has 0 aromatic heterocycles. The Labute approximate surface area is 165 Å². The Balaban J connectivity index is 2.21. The minimum Gasteiger partial charge on any atom is -0.504 e. The van der Waals surface area contributed by atoms with Gasteiger partial charge in [0.15, 0.2) is 11.5 Å². The third-order valence-electron chi connectivity index (χ3n) is 3.96. The molecule has 0 heterocycles. The summed E-state index contributed by atoms with van der Waals surface area (Å²) in [7, 11) is -4.22. The van der Waals surface area contributed by atoms with Gasteiger partial charge < -0.3 is 15.2 Å². The average molecular weight is 407 g/mol. The van der Waals surface area contributed by atoms with Gasteiger partial charge in [-0.2, -0.15) is 8.42 Å². The third-order valence-corrected chi connectivity index (χ3v) is 4.78. The summed E-state index contributed by atoms with van der Waals surface area (Å²) in [5.74, 6) is -2.05. The van der Waals surface area contributed by atoms with E-state index in [1.54, 1.807) is 36.4 Å². The zero-order chi connectivity index (χ0) is 20.9. The second-order valence-corrected chi connectivity index (χ2v) is 9.06. The van der Waals surface area contributed by atoms with Crippen molar-refractivity contribution in [3.05, 3.63) is 59.7 Å². The van der Waals surface area contributed by atoms with E-state index in [-0.39, 0.29) is 23.6 Å². The SMILES string of the molecule is CC(C)(C)NCC(CS(=O)(=O)O)c1ccc(OC(=O)c2ccccc2)c(O)c1. The molecule has 7 nitrogen and oxygen atoms in total. The first-order chi connectivity index (χ1) is 12.9. The summed E-state index contributed by atoms with van der Waals surface area (Å²) in [4.78, 5) is 12.1. The van der Waals surface area contributed by atoms with Gasteiger partial charge in [-0.25, -0.2) is 4.79 Å². The van der Waals surface area contributed by atoms with Gasteiger partial charge in [-0.3, -0.25) is 4.55 Å². The molecular weight excluding hydrogens is 382 g/mol. The Bertz CT molecular complexity index is 919. The van der Waals surface area contributed by atoms with Crippen LogP contribution in [0.4, 0.5) is 0 Å². The van der Waals surface area contributed by atoms with Crippen LogP contribution in [-0.4, -0.2) is 41.9 Å². The molecule has 0 saturated carbocycles. The van der Waals surface area contributed by atoms with Crippen molar-refractivity contribution in [2.75, 3.05) is 12.3 Å². The molecule has 0 spiro atoms. The second kappa shape index (κ2) is 8.72. The number of benzene rings is 2. The van der Waals surface area contributed by atoms with Crippen LogP contribution in [0.3, 0.4) is 0 Å². The first kappa shape index (κ1) is 21.9. The predicted octanol–water partition coefficient (Wildman–Crippen LogP) is 2.97. The molecule has 2 rings (SSSR count). The van der Waals surface area contributed by atoms with Gasteiger partial charge in [0.25, 0.3) is 10.1 Å². The quantitative estimate of drug-likeness (QED) is 0.367. The smallest absolute Gasteiger partial charge is 0.343 e. The van der Waals surface area contributed by atoms with Crippen LogP contribution in [0.5, 0.6) is 11.5 Å². The lowest BCUT2D eigenvalue weighted by Crippen LogP contribution is -2.39. The predicted molar refractivity (Wildman–Crippen MR) is 106 cm³/mol. The van der Waals surface area contributed by atoms with E-state index in [9.17, 15) is 22.9 Å². The maximum atomic E-state index is 12.1. The van der Waals surface area contributed by atoms with Gasteiger partial charge in [-0.05, 0) is 50.6 Å². The number of aromatic hydroxyl groups is 1. The van der Waals surface area contributed by atoms with E-state index in [0.717, 1.165) is 0 Å². The number of hydrogen-bond acceptors (Lipinski definition) is 6. The number of hydrogen-bond donors (Lipinski definition) is 3. The van der Waals surface area contributed by atoms with E-state index in [0.29, 0.717) is 11.1 Å². The fourth-order valence-corrected chi connectivity index (χ4v) is 3.38. The molecule has 0 aliphatic heterocycles. The molecule has 0 aliphatic carbocycles. The number of esters is 1. The van der Waals surface area contributed by atoms with Gasteiger partial charge in [0.2, 0.25) is 0 Å². The molecule has 2 aromatic carbocycles. The fourth-order valence-electron chi connectivity index (χ4n) is 2.56. The molecule has 1 atom stereocenters. The van der Waals surface area contributed by atoms with Gasteiger partial charge in [-0.1, -0.05) is 24.3 Å². The standard InChI is InChI=1S/C20H25NO6S/c1-20(2,3)21-12-16(13-28(24,25)26)15-9-10-18(17(22)11-15)27-19(23)14-7-5-4-6-8-14/h4-11,16,21-22H,12-13H2,1-3H3,(H,24,25,26). The van der Waals surface area contributed by atoms with Crippen LogP contribution in [0.2, 0.25) is 0 Å². The van der Waals surface area contributed by atoms with Crippen LogP contribution in [0.15, 0.2) is 48.5 Å². The maximum Gasteiger partial charge on any atom is 0.343 e. The molecule has 1 unspecified atom stereocenters. The van der Waals surface area contributed by atoms with E-state index in [4.69, 9.17) is 4.74 Å². The molecule has 0 fully saturated rings. The summed E-state index contributed by atoms with van der Waals surface area (Å²) in [5, 5.41) is 13.4. The van der Waals surface area contributed by atoms with E-state index in [1.165, 1.54) is 12.1 Å². The van der Waals surface area contributed by atoms with E-state index in [1.807, 2.05) is 20.8 Å². The van der Waals surface area contributed by atoms with Gasteiger partial charge in [-0.15, -0.1) is 0 Å². The van der Waals surface area contributed by atoms with Crippen molar-refractivity contribution >= 4 is 16.1 Å². The summed E-state index contributed by atoms with van der Waals surface area (Å²) in [6.07, 6.45) is 0. The van der Waals surface area contributed by atoms with Crippen molar-refractivity contribution in [3.8, 4) is 11.5 Å².